The van der Waals surface area contributed by atoms with Crippen LogP contribution >= 0.6 is 0 Å². The molecular weight excluding hydrogens is 136 g/mol. The van der Waals surface area contributed by atoms with E-state index in [1.807, 2.05) is 0 Å². The van der Waals surface area contributed by atoms with Crippen LogP contribution in [0.25, 0.3) is 0 Å². The van der Waals surface area contributed by atoms with Crippen LogP contribution in [-0.4, -0.2) is 11.7 Å². The van der Waals surface area contributed by atoms with E-state index in [1.165, 1.54) is 18.4 Å². The largest absolute Gasteiger partial charge is 0.396 e. The van der Waals surface area contributed by atoms with Gasteiger partial charge in [-0.15, -0.1) is 6.58 Å². The van der Waals surface area contributed by atoms with Crippen LogP contribution in [0.15, 0.2) is 12.2 Å². The molecule has 0 aromatic carbocycles. The lowest BCUT2D eigenvalue weighted by Gasteiger charge is -2.06. The fourth-order valence-corrected chi connectivity index (χ4v) is 1.01. The molecule has 0 fully saturated rings. The van der Waals surface area contributed by atoms with Gasteiger partial charge in [-0.3, -0.25) is 0 Å². The zero-order valence-corrected chi connectivity index (χ0v) is 7.77. The molecule has 1 N–H and O–H groups in total. The molecule has 0 rings (SSSR count). The highest BCUT2D eigenvalue weighted by Crippen LogP contribution is 2.10. The van der Waals surface area contributed by atoms with E-state index in [1.54, 1.807) is 0 Å². The van der Waals surface area contributed by atoms with Crippen molar-refractivity contribution in [2.24, 2.45) is 5.92 Å². The van der Waals surface area contributed by atoms with Crippen molar-refractivity contribution in [3.8, 4) is 0 Å². The average molecular weight is 156 g/mol. The third-order valence-electron chi connectivity index (χ3n) is 1.86. The summed E-state index contributed by atoms with van der Waals surface area (Å²) in [6.07, 6.45) is 4.72. The molecule has 1 heteroatoms. The molecule has 0 amide bonds. The van der Waals surface area contributed by atoms with Gasteiger partial charge in [-0.2, -0.15) is 0 Å². The molecular formula is C10H20O. The number of rotatable bonds is 6. The third kappa shape index (κ3) is 7.60. The average Bonchev–Trinajstić information content (AvgIpc) is 1.97. The lowest BCUT2D eigenvalue weighted by molar-refractivity contribution is 0.227. The molecule has 0 radical (unpaired) electrons. The van der Waals surface area contributed by atoms with Crippen molar-refractivity contribution in [3.63, 3.8) is 0 Å². The SMILES string of the molecule is C=C(C)CCCCC(C)CO. The first-order chi connectivity index (χ1) is 5.16. The van der Waals surface area contributed by atoms with Gasteiger partial charge in [0.05, 0.1) is 0 Å². The minimum absolute atomic E-state index is 0.326. The molecule has 0 aromatic rings. The fraction of sp³-hybridized carbons (Fsp3) is 0.800. The predicted octanol–water partition coefficient (Wildman–Crippen LogP) is 2.75. The van der Waals surface area contributed by atoms with Crippen molar-refractivity contribution in [2.45, 2.75) is 39.5 Å². The molecule has 0 saturated heterocycles. The van der Waals surface area contributed by atoms with Crippen molar-refractivity contribution in [3.05, 3.63) is 12.2 Å². The Morgan fingerprint density at radius 1 is 1.45 bits per heavy atom. The molecule has 0 aliphatic heterocycles. The summed E-state index contributed by atoms with van der Waals surface area (Å²) in [5.74, 6) is 0.472. The summed E-state index contributed by atoms with van der Waals surface area (Å²) in [6, 6.07) is 0. The van der Waals surface area contributed by atoms with Crippen molar-refractivity contribution in [1.29, 1.82) is 0 Å². The van der Waals surface area contributed by atoms with Gasteiger partial charge < -0.3 is 5.11 Å². The van der Waals surface area contributed by atoms with Crippen LogP contribution in [0.5, 0.6) is 0 Å². The second kappa shape index (κ2) is 6.41. The van der Waals surface area contributed by atoms with Crippen LogP contribution in [0.2, 0.25) is 0 Å². The number of aliphatic hydroxyl groups is 1. The van der Waals surface area contributed by atoms with Gasteiger partial charge in [0, 0.05) is 6.61 Å². The second-order valence-corrected chi connectivity index (χ2v) is 3.49. The Balaban J connectivity index is 3.08. The minimum atomic E-state index is 0.326. The summed E-state index contributed by atoms with van der Waals surface area (Å²) in [5.41, 5.74) is 1.27. The molecule has 11 heavy (non-hydrogen) atoms. The van der Waals surface area contributed by atoms with E-state index < -0.39 is 0 Å². The van der Waals surface area contributed by atoms with Crippen LogP contribution in [-0.2, 0) is 0 Å². The topological polar surface area (TPSA) is 20.2 Å². The van der Waals surface area contributed by atoms with E-state index in [2.05, 4.69) is 20.4 Å². The summed E-state index contributed by atoms with van der Waals surface area (Å²) in [4.78, 5) is 0. The molecule has 1 unspecified atom stereocenters. The van der Waals surface area contributed by atoms with Crippen LogP contribution < -0.4 is 0 Å². The molecule has 0 bridgehead atoms. The van der Waals surface area contributed by atoms with Gasteiger partial charge >= 0.3 is 0 Å². The molecule has 66 valence electrons. The Kier molecular flexibility index (Phi) is 6.24. The van der Waals surface area contributed by atoms with Crippen molar-refractivity contribution in [2.75, 3.05) is 6.61 Å². The maximum atomic E-state index is 8.73. The number of hydrogen-bond acceptors (Lipinski definition) is 1. The Morgan fingerprint density at radius 3 is 2.55 bits per heavy atom. The first-order valence-corrected chi connectivity index (χ1v) is 4.42. The van der Waals surface area contributed by atoms with Gasteiger partial charge in [-0.05, 0) is 32.1 Å². The molecule has 0 aliphatic rings. The smallest absolute Gasteiger partial charge is 0.0456 e. The number of hydrogen-bond donors (Lipinski definition) is 1. The summed E-state index contributed by atoms with van der Waals surface area (Å²) in [6.45, 7) is 8.32. The van der Waals surface area contributed by atoms with Gasteiger partial charge in [0.2, 0.25) is 0 Å². The van der Waals surface area contributed by atoms with Crippen LogP contribution in [0.4, 0.5) is 0 Å². The quantitative estimate of drug-likeness (QED) is 0.463. The number of allylic oxidation sites excluding steroid dienone is 1. The summed E-state index contributed by atoms with van der Waals surface area (Å²) >= 11 is 0. The van der Waals surface area contributed by atoms with Gasteiger partial charge in [-0.25, -0.2) is 0 Å². The maximum Gasteiger partial charge on any atom is 0.0456 e. The minimum Gasteiger partial charge on any atom is -0.396 e. The second-order valence-electron chi connectivity index (χ2n) is 3.49. The van der Waals surface area contributed by atoms with Crippen LogP contribution in [0, 0.1) is 5.92 Å². The zero-order valence-electron chi connectivity index (χ0n) is 7.77. The molecule has 1 nitrogen and oxygen atoms in total. The molecule has 0 saturated carbocycles. The highest BCUT2D eigenvalue weighted by Gasteiger charge is 1.98. The van der Waals surface area contributed by atoms with Gasteiger partial charge in [0.15, 0.2) is 0 Å². The molecule has 0 heterocycles. The first kappa shape index (κ1) is 10.7. The summed E-state index contributed by atoms with van der Waals surface area (Å²) < 4.78 is 0. The first-order valence-electron chi connectivity index (χ1n) is 4.42. The highest BCUT2D eigenvalue weighted by atomic mass is 16.3. The van der Waals surface area contributed by atoms with Gasteiger partial charge in [-0.1, -0.05) is 18.9 Å². The van der Waals surface area contributed by atoms with E-state index in [0.717, 1.165) is 12.8 Å². The van der Waals surface area contributed by atoms with E-state index in [9.17, 15) is 0 Å². The molecule has 1 atom stereocenters. The Morgan fingerprint density at radius 2 is 2.09 bits per heavy atom. The highest BCUT2D eigenvalue weighted by molar-refractivity contribution is 4.87. The molecule has 0 spiro atoms. The van der Waals surface area contributed by atoms with E-state index in [4.69, 9.17) is 5.11 Å². The van der Waals surface area contributed by atoms with E-state index in [0.29, 0.717) is 12.5 Å². The van der Waals surface area contributed by atoms with E-state index in [-0.39, 0.29) is 0 Å². The van der Waals surface area contributed by atoms with E-state index >= 15 is 0 Å². The van der Waals surface area contributed by atoms with Crippen molar-refractivity contribution >= 4 is 0 Å². The maximum absolute atomic E-state index is 8.73. The standard InChI is InChI=1S/C10H20O/c1-9(2)6-4-5-7-10(3)8-11/h10-11H,1,4-8H2,2-3H3. The summed E-state index contributed by atoms with van der Waals surface area (Å²) in [7, 11) is 0. The Labute approximate surface area is 70.1 Å². The summed E-state index contributed by atoms with van der Waals surface area (Å²) in [5, 5.41) is 8.73. The molecule has 0 aliphatic carbocycles. The Hall–Kier alpha value is -0.300. The number of unbranched alkanes of at least 4 members (excludes halogenated alkanes) is 1. The molecule has 0 aromatic heterocycles. The third-order valence-corrected chi connectivity index (χ3v) is 1.86. The zero-order chi connectivity index (χ0) is 8.69. The van der Waals surface area contributed by atoms with Crippen molar-refractivity contribution in [1.82, 2.24) is 0 Å². The number of aliphatic hydroxyl groups excluding tert-OH is 1. The normalized spacial score (nSPS) is 13.0. The monoisotopic (exact) mass is 156 g/mol. The fourth-order valence-electron chi connectivity index (χ4n) is 1.01. The van der Waals surface area contributed by atoms with Gasteiger partial charge in [0.1, 0.15) is 0 Å². The van der Waals surface area contributed by atoms with Crippen LogP contribution in [0.1, 0.15) is 39.5 Å². The van der Waals surface area contributed by atoms with Crippen LogP contribution in [0.3, 0.4) is 0 Å². The van der Waals surface area contributed by atoms with Gasteiger partial charge in [0.25, 0.3) is 0 Å². The lowest BCUT2D eigenvalue weighted by Crippen LogP contribution is -1.99. The lowest BCUT2D eigenvalue weighted by atomic mass is 10.0. The van der Waals surface area contributed by atoms with Crippen molar-refractivity contribution < 1.29 is 5.11 Å². The Bertz CT molecular complexity index is 107. The predicted molar refractivity (Wildman–Crippen MR) is 49.5 cm³/mol.